The van der Waals surface area contributed by atoms with E-state index in [1.165, 1.54) is 0 Å². The van der Waals surface area contributed by atoms with Gasteiger partial charge in [0.25, 0.3) is 0 Å². The van der Waals surface area contributed by atoms with E-state index in [0.29, 0.717) is 25.8 Å². The van der Waals surface area contributed by atoms with Crippen molar-refractivity contribution in [2.75, 3.05) is 13.6 Å². The highest BCUT2D eigenvalue weighted by molar-refractivity contribution is 5.76. The second-order valence-electron chi connectivity index (χ2n) is 4.66. The molecular weight excluding hydrogens is 254 g/mol. The topological polar surface area (TPSA) is 57.6 Å². The van der Waals surface area contributed by atoms with E-state index >= 15 is 0 Å². The molecule has 1 amide bonds. The van der Waals surface area contributed by atoms with E-state index in [9.17, 15) is 9.59 Å². The molecule has 0 spiro atoms. The van der Waals surface area contributed by atoms with Crippen LogP contribution >= 0.6 is 0 Å². The van der Waals surface area contributed by atoms with Gasteiger partial charge in [-0.15, -0.1) is 0 Å². The maximum Gasteiger partial charge on any atom is 0.303 e. The molecule has 0 radical (unpaired) electrons. The Balaban J connectivity index is 2.22. The molecule has 1 aromatic carbocycles. The van der Waals surface area contributed by atoms with Crippen molar-refractivity contribution in [3.05, 3.63) is 42.0 Å². The van der Waals surface area contributed by atoms with Crippen molar-refractivity contribution in [1.29, 1.82) is 0 Å². The number of carbonyl (C=O) groups excluding carboxylic acids is 1. The second kappa shape index (κ2) is 8.91. The van der Waals surface area contributed by atoms with Gasteiger partial charge >= 0.3 is 5.97 Å². The van der Waals surface area contributed by atoms with Crippen molar-refractivity contribution >= 4 is 18.0 Å². The maximum atomic E-state index is 11.8. The van der Waals surface area contributed by atoms with Crippen molar-refractivity contribution in [1.82, 2.24) is 4.90 Å². The third-order valence-corrected chi connectivity index (χ3v) is 2.94. The van der Waals surface area contributed by atoms with Gasteiger partial charge in [0.1, 0.15) is 0 Å². The monoisotopic (exact) mass is 275 g/mol. The van der Waals surface area contributed by atoms with Crippen LogP contribution in [0.3, 0.4) is 0 Å². The SMILES string of the molecule is CN(CCCC(=O)O)C(=O)CC/C=C/c1ccccc1. The average Bonchev–Trinajstić information content (AvgIpc) is 2.44. The Kier molecular flexibility index (Phi) is 7.11. The quantitative estimate of drug-likeness (QED) is 0.793. The fourth-order valence-corrected chi connectivity index (χ4v) is 1.77. The number of carbonyl (C=O) groups is 2. The summed E-state index contributed by atoms with van der Waals surface area (Å²) < 4.78 is 0. The number of nitrogens with zero attached hydrogens (tertiary/aromatic N) is 1. The first-order valence-electron chi connectivity index (χ1n) is 6.77. The van der Waals surface area contributed by atoms with Crippen molar-refractivity contribution in [3.63, 3.8) is 0 Å². The number of hydrogen-bond donors (Lipinski definition) is 1. The molecule has 0 saturated heterocycles. The molecule has 20 heavy (non-hydrogen) atoms. The van der Waals surface area contributed by atoms with Crippen molar-refractivity contribution in [3.8, 4) is 0 Å². The lowest BCUT2D eigenvalue weighted by Crippen LogP contribution is -2.27. The Morgan fingerprint density at radius 2 is 1.90 bits per heavy atom. The highest BCUT2D eigenvalue weighted by Gasteiger charge is 2.07. The molecule has 0 heterocycles. The van der Waals surface area contributed by atoms with Crippen LogP contribution in [-0.2, 0) is 9.59 Å². The van der Waals surface area contributed by atoms with Crippen LogP contribution in [-0.4, -0.2) is 35.5 Å². The van der Waals surface area contributed by atoms with Gasteiger partial charge in [-0.25, -0.2) is 0 Å². The minimum atomic E-state index is -0.823. The van der Waals surface area contributed by atoms with Crippen molar-refractivity contribution in [2.24, 2.45) is 0 Å². The summed E-state index contributed by atoms with van der Waals surface area (Å²) in [5.74, 6) is -0.773. The lowest BCUT2D eigenvalue weighted by Gasteiger charge is -2.15. The fourth-order valence-electron chi connectivity index (χ4n) is 1.77. The van der Waals surface area contributed by atoms with Crippen LogP contribution in [0, 0.1) is 0 Å². The lowest BCUT2D eigenvalue weighted by molar-refractivity contribution is -0.138. The van der Waals surface area contributed by atoms with Gasteiger partial charge in [0.05, 0.1) is 0 Å². The Morgan fingerprint density at radius 3 is 2.55 bits per heavy atom. The first-order chi connectivity index (χ1) is 9.59. The van der Waals surface area contributed by atoms with E-state index in [0.717, 1.165) is 5.56 Å². The zero-order valence-electron chi connectivity index (χ0n) is 11.8. The molecule has 108 valence electrons. The van der Waals surface area contributed by atoms with Crippen LogP contribution < -0.4 is 0 Å². The molecule has 1 N–H and O–H groups in total. The number of benzene rings is 1. The number of carboxylic acids is 1. The van der Waals surface area contributed by atoms with Crippen LogP contribution in [0.2, 0.25) is 0 Å². The Morgan fingerprint density at radius 1 is 1.20 bits per heavy atom. The van der Waals surface area contributed by atoms with Gasteiger partial charge in [-0.1, -0.05) is 42.5 Å². The summed E-state index contributed by atoms with van der Waals surface area (Å²) in [5, 5.41) is 8.53. The zero-order valence-corrected chi connectivity index (χ0v) is 11.8. The molecule has 4 nitrogen and oxygen atoms in total. The number of rotatable bonds is 8. The summed E-state index contributed by atoms with van der Waals surface area (Å²) in [7, 11) is 1.71. The number of hydrogen-bond acceptors (Lipinski definition) is 2. The second-order valence-corrected chi connectivity index (χ2v) is 4.66. The van der Waals surface area contributed by atoms with Crippen LogP contribution in [0.15, 0.2) is 36.4 Å². The predicted octanol–water partition coefficient (Wildman–Crippen LogP) is 2.80. The summed E-state index contributed by atoms with van der Waals surface area (Å²) in [6, 6.07) is 9.93. The third kappa shape index (κ3) is 6.73. The number of allylic oxidation sites excluding steroid dienone is 1. The first kappa shape index (κ1) is 16.0. The molecule has 0 unspecified atom stereocenters. The molecule has 0 saturated carbocycles. The average molecular weight is 275 g/mol. The summed E-state index contributed by atoms with van der Waals surface area (Å²) >= 11 is 0. The predicted molar refractivity (Wildman–Crippen MR) is 79.2 cm³/mol. The molecule has 0 aromatic heterocycles. The van der Waals surface area contributed by atoms with Crippen molar-refractivity contribution in [2.45, 2.75) is 25.7 Å². The largest absolute Gasteiger partial charge is 0.481 e. The van der Waals surface area contributed by atoms with Gasteiger partial charge in [0.15, 0.2) is 0 Å². The Labute approximate surface area is 119 Å². The summed E-state index contributed by atoms with van der Waals surface area (Å²) in [6.07, 6.45) is 5.73. The third-order valence-electron chi connectivity index (χ3n) is 2.94. The smallest absolute Gasteiger partial charge is 0.303 e. The van der Waals surface area contributed by atoms with E-state index in [2.05, 4.69) is 0 Å². The first-order valence-corrected chi connectivity index (χ1v) is 6.77. The molecular formula is C16H21NO3. The van der Waals surface area contributed by atoms with Crippen LogP contribution in [0.25, 0.3) is 6.08 Å². The van der Waals surface area contributed by atoms with Gasteiger partial charge in [-0.3, -0.25) is 9.59 Å². The normalized spacial score (nSPS) is 10.7. The van der Waals surface area contributed by atoms with Gasteiger partial charge in [-0.2, -0.15) is 0 Å². The minimum absolute atomic E-state index is 0.0492. The Bertz CT molecular complexity index is 454. The molecule has 0 aliphatic rings. The molecule has 0 atom stereocenters. The zero-order chi connectivity index (χ0) is 14.8. The molecule has 0 aliphatic carbocycles. The van der Waals surface area contributed by atoms with E-state index < -0.39 is 5.97 Å². The molecule has 4 heteroatoms. The standard InChI is InChI=1S/C16H21NO3/c1-17(13-7-12-16(19)20)15(18)11-6-5-10-14-8-3-2-4-9-14/h2-5,8-10H,6-7,11-13H2,1H3,(H,19,20)/b10-5+. The van der Waals surface area contributed by atoms with Crippen LogP contribution in [0.1, 0.15) is 31.2 Å². The maximum absolute atomic E-state index is 11.8. The minimum Gasteiger partial charge on any atom is -0.481 e. The van der Waals surface area contributed by atoms with Gasteiger partial charge in [0, 0.05) is 26.4 Å². The summed E-state index contributed by atoms with van der Waals surface area (Å²) in [4.78, 5) is 23.8. The highest BCUT2D eigenvalue weighted by Crippen LogP contribution is 2.04. The van der Waals surface area contributed by atoms with Gasteiger partial charge < -0.3 is 10.0 Å². The highest BCUT2D eigenvalue weighted by atomic mass is 16.4. The molecule has 0 bridgehead atoms. The molecule has 1 aromatic rings. The van der Waals surface area contributed by atoms with E-state index in [4.69, 9.17) is 5.11 Å². The molecule has 1 rings (SSSR count). The number of aliphatic carboxylic acids is 1. The van der Waals surface area contributed by atoms with E-state index in [1.54, 1.807) is 11.9 Å². The van der Waals surface area contributed by atoms with E-state index in [-0.39, 0.29) is 12.3 Å². The fraction of sp³-hybridized carbons (Fsp3) is 0.375. The number of amides is 1. The lowest BCUT2D eigenvalue weighted by atomic mass is 10.2. The van der Waals surface area contributed by atoms with Gasteiger partial charge in [0.2, 0.25) is 5.91 Å². The van der Waals surface area contributed by atoms with Crippen LogP contribution in [0.5, 0.6) is 0 Å². The Hall–Kier alpha value is -2.10. The van der Waals surface area contributed by atoms with Crippen molar-refractivity contribution < 1.29 is 14.7 Å². The summed E-state index contributed by atoms with van der Waals surface area (Å²) in [5.41, 5.74) is 1.12. The number of carboxylic acid groups (broad SMARTS) is 1. The van der Waals surface area contributed by atoms with E-state index in [1.807, 2.05) is 42.5 Å². The molecule has 0 fully saturated rings. The van der Waals surface area contributed by atoms with Crippen LogP contribution in [0.4, 0.5) is 0 Å². The molecule has 0 aliphatic heterocycles. The summed E-state index contributed by atoms with van der Waals surface area (Å²) in [6.45, 7) is 0.494. The van der Waals surface area contributed by atoms with Gasteiger partial charge in [-0.05, 0) is 18.4 Å².